The molecule has 0 aromatic carbocycles. The van der Waals surface area contributed by atoms with Gasteiger partial charge in [0.1, 0.15) is 11.6 Å². The lowest BCUT2D eigenvalue weighted by Crippen LogP contribution is -2.30. The van der Waals surface area contributed by atoms with Crippen LogP contribution < -0.4 is 5.32 Å². The average Bonchev–Trinajstić information content (AvgIpc) is 2.45. The lowest BCUT2D eigenvalue weighted by atomic mass is 9.86. The summed E-state index contributed by atoms with van der Waals surface area (Å²) < 4.78 is 0. The minimum absolute atomic E-state index is 0.0170. The summed E-state index contributed by atoms with van der Waals surface area (Å²) >= 11 is 0. The molecule has 2 rings (SSSR count). The van der Waals surface area contributed by atoms with Crippen LogP contribution in [0.15, 0.2) is 12.3 Å². The predicted octanol–water partition coefficient (Wildman–Crippen LogP) is 1.82. The summed E-state index contributed by atoms with van der Waals surface area (Å²) in [5, 5.41) is 32.7. The Kier molecular flexibility index (Phi) is 4.48. The van der Waals surface area contributed by atoms with E-state index in [1.165, 1.54) is 12.3 Å². The summed E-state index contributed by atoms with van der Waals surface area (Å²) in [6.45, 7) is 0.421. The maximum Gasteiger partial charge on any atom is 0.328 e. The van der Waals surface area contributed by atoms with Gasteiger partial charge in [0, 0.05) is 18.7 Å². The topological polar surface area (TPSA) is 112 Å². The number of aliphatic hydroxyl groups is 1. The number of nitriles is 1. The molecule has 1 saturated carbocycles. The Morgan fingerprint density at radius 2 is 2.30 bits per heavy atom. The van der Waals surface area contributed by atoms with Crippen LogP contribution in [-0.4, -0.2) is 27.7 Å². The van der Waals surface area contributed by atoms with Crippen molar-refractivity contribution in [1.82, 2.24) is 4.98 Å². The van der Waals surface area contributed by atoms with Crippen LogP contribution in [0, 0.1) is 27.4 Å². The molecule has 2 atom stereocenters. The molecule has 1 aliphatic carbocycles. The van der Waals surface area contributed by atoms with E-state index in [0.29, 0.717) is 6.54 Å². The molecule has 0 radical (unpaired) electrons. The number of aliphatic hydroxyl groups excluding tert-OH is 1. The van der Waals surface area contributed by atoms with Gasteiger partial charge in [-0.15, -0.1) is 0 Å². The summed E-state index contributed by atoms with van der Waals surface area (Å²) in [4.78, 5) is 14.4. The Hall–Kier alpha value is -2.20. The molecule has 0 bridgehead atoms. The second kappa shape index (κ2) is 6.30. The fraction of sp³-hybridized carbons (Fsp3) is 0.538. The Morgan fingerprint density at radius 3 is 2.95 bits per heavy atom. The normalized spacial score (nSPS) is 22.0. The highest BCUT2D eigenvalue weighted by atomic mass is 16.6. The molecule has 1 fully saturated rings. The number of rotatable bonds is 4. The first kappa shape index (κ1) is 14.2. The van der Waals surface area contributed by atoms with Crippen molar-refractivity contribution in [3.05, 3.63) is 27.9 Å². The molecule has 1 aromatic heterocycles. The van der Waals surface area contributed by atoms with Gasteiger partial charge in [-0.1, -0.05) is 12.8 Å². The lowest BCUT2D eigenvalue weighted by molar-refractivity contribution is -0.384. The largest absolute Gasteiger partial charge is 0.393 e. The number of anilines is 1. The Bertz CT molecular complexity index is 541. The van der Waals surface area contributed by atoms with Crippen LogP contribution in [0.2, 0.25) is 0 Å². The fourth-order valence-corrected chi connectivity index (χ4v) is 2.51. The SMILES string of the molecule is N#Cc1ccnc(NCC2CCCCC2O)c1[N+](=O)[O-]. The number of pyridine rings is 1. The molecule has 1 heterocycles. The molecule has 0 saturated heterocycles. The third kappa shape index (κ3) is 3.03. The van der Waals surface area contributed by atoms with Crippen LogP contribution in [-0.2, 0) is 0 Å². The molecule has 1 aliphatic rings. The third-order valence-corrected chi connectivity index (χ3v) is 3.63. The van der Waals surface area contributed by atoms with E-state index in [2.05, 4.69) is 10.3 Å². The maximum atomic E-state index is 11.0. The number of hydrogen-bond acceptors (Lipinski definition) is 6. The quantitative estimate of drug-likeness (QED) is 0.640. The summed E-state index contributed by atoms with van der Waals surface area (Å²) in [6, 6.07) is 3.11. The van der Waals surface area contributed by atoms with Crippen LogP contribution in [0.3, 0.4) is 0 Å². The number of hydrogen-bond donors (Lipinski definition) is 2. The molecule has 2 N–H and O–H groups in total. The predicted molar refractivity (Wildman–Crippen MR) is 72.1 cm³/mol. The second-order valence-corrected chi connectivity index (χ2v) is 4.92. The molecule has 7 nitrogen and oxygen atoms in total. The fourth-order valence-electron chi connectivity index (χ4n) is 2.51. The number of nitrogens with one attached hydrogen (secondary N) is 1. The van der Waals surface area contributed by atoms with Gasteiger partial charge in [0.05, 0.1) is 11.0 Å². The standard InChI is InChI=1S/C13H16N4O3/c14-7-9-5-6-15-13(12(9)17(19)20)16-8-10-3-1-2-4-11(10)18/h5-6,10-11,18H,1-4,8H2,(H,15,16). The van der Waals surface area contributed by atoms with Gasteiger partial charge < -0.3 is 10.4 Å². The first-order valence-corrected chi connectivity index (χ1v) is 6.59. The van der Waals surface area contributed by atoms with Gasteiger partial charge in [-0.25, -0.2) is 4.98 Å². The van der Waals surface area contributed by atoms with Crippen molar-refractivity contribution < 1.29 is 10.0 Å². The van der Waals surface area contributed by atoms with Crippen molar-refractivity contribution >= 4 is 11.5 Å². The van der Waals surface area contributed by atoms with Gasteiger partial charge in [0.2, 0.25) is 5.82 Å². The van der Waals surface area contributed by atoms with E-state index in [0.717, 1.165) is 25.7 Å². The van der Waals surface area contributed by atoms with Crippen molar-refractivity contribution in [2.45, 2.75) is 31.8 Å². The number of nitrogens with zero attached hydrogens (tertiary/aromatic N) is 3. The first-order chi connectivity index (χ1) is 9.63. The zero-order valence-electron chi connectivity index (χ0n) is 11.0. The van der Waals surface area contributed by atoms with Gasteiger partial charge >= 0.3 is 5.69 Å². The molecule has 0 spiro atoms. The smallest absolute Gasteiger partial charge is 0.328 e. The van der Waals surface area contributed by atoms with Gasteiger partial charge in [0.15, 0.2) is 0 Å². The minimum Gasteiger partial charge on any atom is -0.393 e. The molecule has 2 unspecified atom stereocenters. The average molecular weight is 276 g/mol. The monoisotopic (exact) mass is 276 g/mol. The minimum atomic E-state index is -0.606. The second-order valence-electron chi connectivity index (χ2n) is 4.92. The van der Waals surface area contributed by atoms with Gasteiger partial charge in [-0.3, -0.25) is 10.1 Å². The first-order valence-electron chi connectivity index (χ1n) is 6.59. The summed E-state index contributed by atoms with van der Waals surface area (Å²) in [6.07, 6.45) is 4.71. The van der Waals surface area contributed by atoms with E-state index in [1.807, 2.05) is 0 Å². The van der Waals surface area contributed by atoms with Crippen LogP contribution >= 0.6 is 0 Å². The van der Waals surface area contributed by atoms with E-state index in [4.69, 9.17) is 5.26 Å². The van der Waals surface area contributed by atoms with Crippen molar-refractivity contribution in [3.8, 4) is 6.07 Å². The Balaban J connectivity index is 2.13. The molecular formula is C13H16N4O3. The highest BCUT2D eigenvalue weighted by Gasteiger charge is 2.25. The lowest BCUT2D eigenvalue weighted by Gasteiger charge is -2.27. The molecule has 0 amide bonds. The zero-order chi connectivity index (χ0) is 14.5. The van der Waals surface area contributed by atoms with Crippen molar-refractivity contribution in [2.75, 3.05) is 11.9 Å². The highest BCUT2D eigenvalue weighted by Crippen LogP contribution is 2.28. The summed E-state index contributed by atoms with van der Waals surface area (Å²) in [7, 11) is 0. The van der Waals surface area contributed by atoms with Crippen LogP contribution in [0.5, 0.6) is 0 Å². The summed E-state index contributed by atoms with van der Waals surface area (Å²) in [5.41, 5.74) is -0.322. The Labute approximate surface area is 116 Å². The van der Waals surface area contributed by atoms with Gasteiger partial charge in [-0.2, -0.15) is 5.26 Å². The van der Waals surface area contributed by atoms with Crippen molar-refractivity contribution in [3.63, 3.8) is 0 Å². The third-order valence-electron chi connectivity index (χ3n) is 3.63. The number of nitro groups is 1. The van der Waals surface area contributed by atoms with Crippen LogP contribution in [0.4, 0.5) is 11.5 Å². The highest BCUT2D eigenvalue weighted by molar-refractivity contribution is 5.64. The van der Waals surface area contributed by atoms with E-state index < -0.39 is 4.92 Å². The van der Waals surface area contributed by atoms with E-state index in [1.54, 1.807) is 6.07 Å². The molecule has 7 heteroatoms. The van der Waals surface area contributed by atoms with Gasteiger partial charge in [0.25, 0.3) is 0 Å². The zero-order valence-corrected chi connectivity index (χ0v) is 11.0. The molecular weight excluding hydrogens is 260 g/mol. The van der Waals surface area contributed by atoms with E-state index in [9.17, 15) is 15.2 Å². The molecule has 106 valence electrons. The van der Waals surface area contributed by atoms with Crippen LogP contribution in [0.1, 0.15) is 31.2 Å². The molecule has 20 heavy (non-hydrogen) atoms. The van der Waals surface area contributed by atoms with Crippen molar-refractivity contribution in [2.24, 2.45) is 5.92 Å². The van der Waals surface area contributed by atoms with Crippen molar-refractivity contribution in [1.29, 1.82) is 5.26 Å². The number of aromatic nitrogens is 1. The van der Waals surface area contributed by atoms with Gasteiger partial charge in [-0.05, 0) is 18.9 Å². The molecule has 1 aromatic rings. The Morgan fingerprint density at radius 1 is 1.55 bits per heavy atom. The van der Waals surface area contributed by atoms with Crippen LogP contribution in [0.25, 0.3) is 0 Å². The van der Waals surface area contributed by atoms with E-state index >= 15 is 0 Å². The molecule has 0 aliphatic heterocycles. The summed E-state index contributed by atoms with van der Waals surface area (Å²) in [5.74, 6) is 0.155. The maximum absolute atomic E-state index is 11.0. The van der Waals surface area contributed by atoms with E-state index in [-0.39, 0.29) is 29.1 Å².